The molecule has 0 aliphatic carbocycles. The standard InChI is InChI=1S/C22H24N4O2/c27-21(24-14-16-6-2-1-3-7-16)10-12-23-22(28)26-13-11-18-17-8-4-5-9-19(17)25-20(18)15-26/h1-9,25H,10-15H2,(H,23,28)(H,24,27). The summed E-state index contributed by atoms with van der Waals surface area (Å²) >= 11 is 0. The van der Waals surface area contributed by atoms with Crippen molar-refractivity contribution in [2.45, 2.75) is 25.9 Å². The molecular formula is C22H24N4O2. The molecule has 0 saturated carbocycles. The van der Waals surface area contributed by atoms with Crippen molar-refractivity contribution in [1.29, 1.82) is 0 Å². The van der Waals surface area contributed by atoms with Gasteiger partial charge in [0.25, 0.3) is 0 Å². The number of urea groups is 1. The zero-order valence-corrected chi connectivity index (χ0v) is 15.7. The Hall–Kier alpha value is -3.28. The zero-order chi connectivity index (χ0) is 19.3. The van der Waals surface area contributed by atoms with Gasteiger partial charge in [0, 0.05) is 42.7 Å². The number of nitrogens with zero attached hydrogens (tertiary/aromatic N) is 1. The molecule has 0 bridgehead atoms. The first-order valence-corrected chi connectivity index (χ1v) is 9.62. The minimum Gasteiger partial charge on any atom is -0.357 e. The van der Waals surface area contributed by atoms with E-state index in [1.54, 1.807) is 4.90 Å². The Bertz CT molecular complexity index is 981. The van der Waals surface area contributed by atoms with Gasteiger partial charge in [-0.05, 0) is 23.6 Å². The maximum absolute atomic E-state index is 12.5. The van der Waals surface area contributed by atoms with Crippen LogP contribution in [0.3, 0.4) is 0 Å². The van der Waals surface area contributed by atoms with Gasteiger partial charge in [-0.25, -0.2) is 4.79 Å². The van der Waals surface area contributed by atoms with Crippen molar-refractivity contribution in [3.05, 3.63) is 71.4 Å². The molecule has 0 unspecified atom stereocenters. The van der Waals surface area contributed by atoms with Gasteiger partial charge in [0.05, 0.1) is 6.54 Å². The number of aromatic nitrogens is 1. The van der Waals surface area contributed by atoms with E-state index < -0.39 is 0 Å². The summed E-state index contributed by atoms with van der Waals surface area (Å²) < 4.78 is 0. The van der Waals surface area contributed by atoms with E-state index in [-0.39, 0.29) is 18.4 Å². The lowest BCUT2D eigenvalue weighted by atomic mass is 10.0. The number of fused-ring (bicyclic) bond motifs is 3. The summed E-state index contributed by atoms with van der Waals surface area (Å²) in [4.78, 5) is 29.6. The van der Waals surface area contributed by atoms with Crippen LogP contribution in [0.1, 0.15) is 23.2 Å². The number of carbonyl (C=O) groups is 2. The molecule has 1 aliphatic rings. The second kappa shape index (κ2) is 8.17. The maximum Gasteiger partial charge on any atom is 0.317 e. The number of H-pyrrole nitrogens is 1. The molecule has 3 N–H and O–H groups in total. The lowest BCUT2D eigenvalue weighted by Crippen LogP contribution is -2.43. The van der Waals surface area contributed by atoms with E-state index in [4.69, 9.17) is 0 Å². The van der Waals surface area contributed by atoms with Gasteiger partial charge in [-0.2, -0.15) is 0 Å². The second-order valence-electron chi connectivity index (χ2n) is 7.04. The van der Waals surface area contributed by atoms with Crippen molar-refractivity contribution in [2.24, 2.45) is 0 Å². The third kappa shape index (κ3) is 4.01. The SMILES string of the molecule is O=C(CCNC(=O)N1CCc2c([nH]c3ccccc23)C1)NCc1ccccc1. The molecule has 6 nitrogen and oxygen atoms in total. The highest BCUT2D eigenvalue weighted by molar-refractivity contribution is 5.85. The monoisotopic (exact) mass is 376 g/mol. The van der Waals surface area contributed by atoms with Gasteiger partial charge in [0.2, 0.25) is 5.91 Å². The molecule has 28 heavy (non-hydrogen) atoms. The second-order valence-corrected chi connectivity index (χ2v) is 7.04. The number of rotatable bonds is 5. The molecule has 6 heteroatoms. The predicted octanol–water partition coefficient (Wildman–Crippen LogP) is 2.94. The Morgan fingerprint density at radius 1 is 1.00 bits per heavy atom. The van der Waals surface area contributed by atoms with Crippen LogP contribution in [-0.4, -0.2) is 34.9 Å². The Morgan fingerprint density at radius 2 is 1.79 bits per heavy atom. The number of para-hydroxylation sites is 1. The number of amides is 3. The smallest absolute Gasteiger partial charge is 0.317 e. The van der Waals surface area contributed by atoms with Gasteiger partial charge >= 0.3 is 6.03 Å². The highest BCUT2D eigenvalue weighted by atomic mass is 16.2. The quantitative estimate of drug-likeness (QED) is 0.640. The molecule has 0 radical (unpaired) electrons. The lowest BCUT2D eigenvalue weighted by Gasteiger charge is -2.27. The molecule has 144 valence electrons. The van der Waals surface area contributed by atoms with Crippen LogP contribution in [0.25, 0.3) is 10.9 Å². The fourth-order valence-corrected chi connectivity index (χ4v) is 3.65. The van der Waals surface area contributed by atoms with Gasteiger partial charge in [-0.15, -0.1) is 0 Å². The van der Waals surface area contributed by atoms with Crippen LogP contribution in [0.5, 0.6) is 0 Å². The third-order valence-corrected chi connectivity index (χ3v) is 5.13. The molecule has 0 fully saturated rings. The number of aromatic amines is 1. The summed E-state index contributed by atoms with van der Waals surface area (Å²) in [5.41, 5.74) is 4.58. The fraction of sp³-hybridized carbons (Fsp3) is 0.273. The van der Waals surface area contributed by atoms with Crippen LogP contribution < -0.4 is 10.6 Å². The van der Waals surface area contributed by atoms with Crippen molar-refractivity contribution in [2.75, 3.05) is 13.1 Å². The number of carbonyl (C=O) groups excluding carboxylic acids is 2. The molecule has 2 aromatic carbocycles. The molecule has 0 atom stereocenters. The summed E-state index contributed by atoms with van der Waals surface area (Å²) in [5.74, 6) is -0.0688. The third-order valence-electron chi connectivity index (χ3n) is 5.13. The minimum atomic E-state index is -0.125. The number of nitrogens with one attached hydrogen (secondary N) is 3. The van der Waals surface area contributed by atoms with Crippen molar-refractivity contribution in [1.82, 2.24) is 20.5 Å². The molecule has 0 spiro atoms. The van der Waals surface area contributed by atoms with E-state index in [0.29, 0.717) is 26.2 Å². The van der Waals surface area contributed by atoms with Crippen molar-refractivity contribution >= 4 is 22.8 Å². The topological polar surface area (TPSA) is 77.2 Å². The van der Waals surface area contributed by atoms with Crippen molar-refractivity contribution in [3.63, 3.8) is 0 Å². The maximum atomic E-state index is 12.5. The predicted molar refractivity (Wildman–Crippen MR) is 109 cm³/mol. The van der Waals surface area contributed by atoms with Crippen LogP contribution in [0.2, 0.25) is 0 Å². The van der Waals surface area contributed by atoms with Gasteiger partial charge in [0.15, 0.2) is 0 Å². The molecule has 0 saturated heterocycles. The minimum absolute atomic E-state index is 0.0688. The molecule has 3 aromatic rings. The molecule has 2 heterocycles. The van der Waals surface area contributed by atoms with Crippen LogP contribution in [0, 0.1) is 0 Å². The largest absolute Gasteiger partial charge is 0.357 e. The van der Waals surface area contributed by atoms with Gasteiger partial charge in [-0.3, -0.25) is 4.79 Å². The molecule has 3 amide bonds. The summed E-state index contributed by atoms with van der Waals surface area (Å²) in [6.45, 7) is 2.08. The lowest BCUT2D eigenvalue weighted by molar-refractivity contribution is -0.121. The Morgan fingerprint density at radius 3 is 2.64 bits per heavy atom. The summed E-state index contributed by atoms with van der Waals surface area (Å²) in [6, 6.07) is 17.9. The first-order valence-electron chi connectivity index (χ1n) is 9.62. The van der Waals surface area contributed by atoms with Crippen molar-refractivity contribution < 1.29 is 9.59 Å². The normalized spacial score (nSPS) is 13.2. The average Bonchev–Trinajstić information content (AvgIpc) is 3.10. The van der Waals surface area contributed by atoms with E-state index >= 15 is 0 Å². The van der Waals surface area contributed by atoms with Gasteiger partial charge in [-0.1, -0.05) is 48.5 Å². The Labute approximate surface area is 163 Å². The van der Waals surface area contributed by atoms with Gasteiger partial charge < -0.3 is 20.5 Å². The van der Waals surface area contributed by atoms with E-state index in [1.807, 2.05) is 42.5 Å². The van der Waals surface area contributed by atoms with E-state index in [2.05, 4.69) is 27.8 Å². The molecule has 1 aliphatic heterocycles. The van der Waals surface area contributed by atoms with E-state index in [0.717, 1.165) is 23.2 Å². The Balaban J connectivity index is 1.24. The first kappa shape index (κ1) is 18.1. The van der Waals surface area contributed by atoms with Gasteiger partial charge in [0.1, 0.15) is 0 Å². The number of hydrogen-bond donors (Lipinski definition) is 3. The van der Waals surface area contributed by atoms with Crippen LogP contribution >= 0.6 is 0 Å². The van der Waals surface area contributed by atoms with E-state index in [1.165, 1.54) is 10.9 Å². The van der Waals surface area contributed by atoms with E-state index in [9.17, 15) is 9.59 Å². The highest BCUT2D eigenvalue weighted by Crippen LogP contribution is 2.27. The summed E-state index contributed by atoms with van der Waals surface area (Å²) in [5, 5.41) is 6.97. The average molecular weight is 376 g/mol. The summed E-state index contributed by atoms with van der Waals surface area (Å²) in [7, 11) is 0. The molecule has 4 rings (SSSR count). The summed E-state index contributed by atoms with van der Waals surface area (Å²) in [6.07, 6.45) is 1.11. The first-order chi connectivity index (χ1) is 13.7. The van der Waals surface area contributed by atoms with Crippen LogP contribution in [0.15, 0.2) is 54.6 Å². The van der Waals surface area contributed by atoms with Crippen LogP contribution in [0.4, 0.5) is 4.79 Å². The Kier molecular flexibility index (Phi) is 5.28. The van der Waals surface area contributed by atoms with Crippen molar-refractivity contribution in [3.8, 4) is 0 Å². The molecular weight excluding hydrogens is 352 g/mol. The number of benzene rings is 2. The number of hydrogen-bond acceptors (Lipinski definition) is 2. The van der Waals surface area contributed by atoms with Crippen LogP contribution in [-0.2, 0) is 24.3 Å². The molecule has 1 aromatic heterocycles. The zero-order valence-electron chi connectivity index (χ0n) is 15.7. The highest BCUT2D eigenvalue weighted by Gasteiger charge is 2.23. The fourth-order valence-electron chi connectivity index (χ4n) is 3.65.